The molecule has 0 nitrogen and oxygen atoms in total. The van der Waals surface area contributed by atoms with Crippen LogP contribution < -0.4 is 0 Å². The van der Waals surface area contributed by atoms with E-state index >= 15 is 0 Å². The molecule has 0 fully saturated rings. The highest BCUT2D eigenvalue weighted by atomic mass is 13.9. The Kier molecular flexibility index (Phi) is 10.7. The van der Waals surface area contributed by atoms with Gasteiger partial charge in [0.15, 0.2) is 0 Å². The van der Waals surface area contributed by atoms with Crippen molar-refractivity contribution in [1.29, 1.82) is 0 Å². The van der Waals surface area contributed by atoms with Crippen molar-refractivity contribution in [2.75, 3.05) is 0 Å². The van der Waals surface area contributed by atoms with Gasteiger partial charge in [0.25, 0.3) is 0 Å². The Hall–Kier alpha value is -2.00. The fourth-order valence-corrected chi connectivity index (χ4v) is 1.61. The van der Waals surface area contributed by atoms with Crippen LogP contribution in [-0.2, 0) is 6.42 Å². The number of hydrogen-bond acceptors (Lipinski definition) is 0. The van der Waals surface area contributed by atoms with E-state index < -0.39 is 0 Å². The lowest BCUT2D eigenvalue weighted by molar-refractivity contribution is 1.14. The monoisotopic (exact) mass is 280 g/mol. The van der Waals surface area contributed by atoms with Gasteiger partial charge in [0.05, 0.1) is 0 Å². The molecule has 0 spiro atoms. The molecule has 2 aromatic carbocycles. The maximum absolute atomic E-state index is 3.18. The van der Waals surface area contributed by atoms with E-state index in [4.69, 9.17) is 0 Å². The van der Waals surface area contributed by atoms with Crippen molar-refractivity contribution in [2.24, 2.45) is 0 Å². The molecule has 0 amide bonds. The highest BCUT2D eigenvalue weighted by molar-refractivity contribution is 5.43. The van der Waals surface area contributed by atoms with Crippen LogP contribution in [-0.4, -0.2) is 0 Å². The summed E-state index contributed by atoms with van der Waals surface area (Å²) in [5, 5.41) is 0. The van der Waals surface area contributed by atoms with Gasteiger partial charge in [-0.15, -0.1) is 0 Å². The minimum absolute atomic E-state index is 1.06. The number of rotatable bonds is 1. The van der Waals surface area contributed by atoms with Crippen LogP contribution in [0.1, 0.15) is 56.9 Å². The first-order valence-electron chi connectivity index (χ1n) is 7.95. The Morgan fingerprint density at radius 3 is 1.43 bits per heavy atom. The summed E-state index contributed by atoms with van der Waals surface area (Å²) in [7, 11) is 0. The van der Waals surface area contributed by atoms with E-state index in [0.29, 0.717) is 0 Å². The van der Waals surface area contributed by atoms with Crippen LogP contribution in [0.4, 0.5) is 0 Å². The van der Waals surface area contributed by atoms with Gasteiger partial charge in [-0.05, 0) is 43.2 Å². The van der Waals surface area contributed by atoms with E-state index in [-0.39, 0.29) is 0 Å². The summed E-state index contributed by atoms with van der Waals surface area (Å²) in [6.45, 7) is 12.2. The number of benzene rings is 2. The summed E-state index contributed by atoms with van der Waals surface area (Å²) < 4.78 is 0. The molecule has 2 aromatic rings. The quantitative estimate of drug-likeness (QED) is 0.561. The molecule has 0 saturated carbocycles. The smallest absolute Gasteiger partial charge is 0.0249 e. The Labute approximate surface area is 131 Å². The second-order valence-corrected chi connectivity index (χ2v) is 4.17. The number of hydrogen-bond donors (Lipinski definition) is 0. The molecular weight excluding hydrogens is 252 g/mol. The van der Waals surface area contributed by atoms with Gasteiger partial charge in [-0.1, -0.05) is 76.3 Å². The molecular formula is C21H28. The van der Waals surface area contributed by atoms with Gasteiger partial charge < -0.3 is 0 Å². The van der Waals surface area contributed by atoms with Crippen molar-refractivity contribution in [3.8, 4) is 11.8 Å². The SMILES string of the molecule is CC.CC.CCc1ccc(C#Cc2ccc(C)cc2)cc1. The minimum atomic E-state index is 1.06. The van der Waals surface area contributed by atoms with Crippen molar-refractivity contribution in [1.82, 2.24) is 0 Å². The third-order valence-electron chi connectivity index (χ3n) is 2.76. The van der Waals surface area contributed by atoms with Crippen molar-refractivity contribution in [3.63, 3.8) is 0 Å². The molecule has 0 atom stereocenters. The molecule has 0 heteroatoms. The minimum Gasteiger partial charge on any atom is -0.0683 e. The molecule has 0 radical (unpaired) electrons. The average Bonchev–Trinajstić information content (AvgIpc) is 2.58. The normalized spacial score (nSPS) is 8.29. The molecule has 112 valence electrons. The first-order valence-corrected chi connectivity index (χ1v) is 7.95. The van der Waals surface area contributed by atoms with Crippen molar-refractivity contribution in [2.45, 2.75) is 48.0 Å². The molecule has 2 rings (SSSR count). The average molecular weight is 280 g/mol. The van der Waals surface area contributed by atoms with E-state index in [1.807, 2.05) is 27.7 Å². The van der Waals surface area contributed by atoms with E-state index in [0.717, 1.165) is 17.5 Å². The second kappa shape index (κ2) is 11.8. The van der Waals surface area contributed by atoms with Crippen LogP contribution in [0.15, 0.2) is 48.5 Å². The van der Waals surface area contributed by atoms with Crippen LogP contribution in [0.3, 0.4) is 0 Å². The highest BCUT2D eigenvalue weighted by Crippen LogP contribution is 2.05. The first-order chi connectivity index (χ1) is 10.3. The predicted octanol–water partition coefficient (Wildman–Crippen LogP) is 6.01. The molecule has 0 aliphatic rings. The zero-order chi connectivity index (χ0) is 16.1. The van der Waals surface area contributed by atoms with E-state index in [9.17, 15) is 0 Å². The van der Waals surface area contributed by atoms with Gasteiger partial charge in [-0.25, -0.2) is 0 Å². The van der Waals surface area contributed by atoms with E-state index in [1.165, 1.54) is 11.1 Å². The molecule has 0 aliphatic carbocycles. The van der Waals surface area contributed by atoms with Gasteiger partial charge in [0.2, 0.25) is 0 Å². The summed E-state index contributed by atoms with van der Waals surface area (Å²) in [5.41, 5.74) is 4.76. The fourth-order valence-electron chi connectivity index (χ4n) is 1.61. The second-order valence-electron chi connectivity index (χ2n) is 4.17. The first kappa shape index (κ1) is 19.0. The van der Waals surface area contributed by atoms with Gasteiger partial charge in [0.1, 0.15) is 0 Å². The molecule has 0 unspecified atom stereocenters. The van der Waals surface area contributed by atoms with Crippen LogP contribution in [0.2, 0.25) is 0 Å². The maximum atomic E-state index is 3.18. The zero-order valence-electron chi connectivity index (χ0n) is 14.3. The Bertz CT molecular complexity index is 533. The third kappa shape index (κ3) is 7.37. The number of aryl methyl sites for hydroxylation is 2. The largest absolute Gasteiger partial charge is 0.0683 e. The maximum Gasteiger partial charge on any atom is 0.0249 e. The van der Waals surface area contributed by atoms with Crippen molar-refractivity contribution >= 4 is 0 Å². The summed E-state index contributed by atoms with van der Waals surface area (Å²) in [4.78, 5) is 0. The molecule has 0 N–H and O–H groups in total. The molecule has 0 aromatic heterocycles. The lowest BCUT2D eigenvalue weighted by Gasteiger charge is -1.95. The van der Waals surface area contributed by atoms with E-state index in [2.05, 4.69) is 74.2 Å². The van der Waals surface area contributed by atoms with Crippen LogP contribution >= 0.6 is 0 Å². The lowest BCUT2D eigenvalue weighted by atomic mass is 10.1. The Morgan fingerprint density at radius 1 is 0.667 bits per heavy atom. The summed E-state index contributed by atoms with van der Waals surface area (Å²) in [6.07, 6.45) is 1.08. The summed E-state index contributed by atoms with van der Waals surface area (Å²) in [6, 6.07) is 16.7. The molecule has 0 bridgehead atoms. The van der Waals surface area contributed by atoms with Crippen LogP contribution in [0.5, 0.6) is 0 Å². The van der Waals surface area contributed by atoms with Gasteiger partial charge in [-0.2, -0.15) is 0 Å². The Balaban J connectivity index is 0.000000921. The zero-order valence-corrected chi connectivity index (χ0v) is 14.3. The lowest BCUT2D eigenvalue weighted by Crippen LogP contribution is -1.80. The van der Waals surface area contributed by atoms with Crippen molar-refractivity contribution < 1.29 is 0 Å². The third-order valence-corrected chi connectivity index (χ3v) is 2.76. The Morgan fingerprint density at radius 2 is 1.05 bits per heavy atom. The molecule has 0 saturated heterocycles. The highest BCUT2D eigenvalue weighted by Gasteiger charge is 1.89. The van der Waals surface area contributed by atoms with Gasteiger partial charge >= 0.3 is 0 Å². The van der Waals surface area contributed by atoms with Crippen LogP contribution in [0.25, 0.3) is 0 Å². The molecule has 0 heterocycles. The molecule has 0 aliphatic heterocycles. The van der Waals surface area contributed by atoms with Crippen molar-refractivity contribution in [3.05, 3.63) is 70.8 Å². The summed E-state index contributed by atoms with van der Waals surface area (Å²) >= 11 is 0. The van der Waals surface area contributed by atoms with Crippen LogP contribution in [0, 0.1) is 18.8 Å². The fraction of sp³-hybridized carbons (Fsp3) is 0.333. The predicted molar refractivity (Wildman–Crippen MR) is 95.7 cm³/mol. The van der Waals surface area contributed by atoms with Gasteiger partial charge in [-0.3, -0.25) is 0 Å². The molecule has 21 heavy (non-hydrogen) atoms. The van der Waals surface area contributed by atoms with E-state index in [1.54, 1.807) is 0 Å². The van der Waals surface area contributed by atoms with Gasteiger partial charge in [0, 0.05) is 11.1 Å². The topological polar surface area (TPSA) is 0 Å². The summed E-state index contributed by atoms with van der Waals surface area (Å²) in [5.74, 6) is 6.36. The standard InChI is InChI=1S/C17H16.2C2H6/c1-3-15-8-10-17(11-9-15)13-12-16-6-4-14(2)5-7-16;2*1-2/h4-11H,3H2,1-2H3;2*1-2H3.